The van der Waals surface area contributed by atoms with E-state index in [-0.39, 0.29) is 12.1 Å². The Bertz CT molecular complexity index is 245. The SMILES string of the molecule is CC(O)[C@@H]1CCCCN1C(=O)OC(C)(C)C. The maximum absolute atomic E-state index is 11.9. The van der Waals surface area contributed by atoms with E-state index in [0.29, 0.717) is 6.54 Å². The van der Waals surface area contributed by atoms with Crippen LogP contribution in [0.2, 0.25) is 0 Å². The summed E-state index contributed by atoms with van der Waals surface area (Å²) in [5.41, 5.74) is -0.474. The summed E-state index contributed by atoms with van der Waals surface area (Å²) < 4.78 is 5.33. The van der Waals surface area contributed by atoms with E-state index in [1.165, 1.54) is 0 Å². The van der Waals surface area contributed by atoms with Crippen molar-refractivity contribution in [1.29, 1.82) is 0 Å². The molecule has 4 nitrogen and oxygen atoms in total. The summed E-state index contributed by atoms with van der Waals surface area (Å²) in [5.74, 6) is 0. The minimum absolute atomic E-state index is 0.0939. The van der Waals surface area contributed by atoms with E-state index >= 15 is 0 Å². The maximum Gasteiger partial charge on any atom is 0.410 e. The predicted octanol–water partition coefficient (Wildman–Crippen LogP) is 2.16. The lowest BCUT2D eigenvalue weighted by atomic mass is 9.99. The van der Waals surface area contributed by atoms with Crippen molar-refractivity contribution in [2.24, 2.45) is 0 Å². The molecule has 1 saturated heterocycles. The smallest absolute Gasteiger partial charge is 0.410 e. The van der Waals surface area contributed by atoms with Gasteiger partial charge in [-0.3, -0.25) is 0 Å². The second-order valence-electron chi connectivity index (χ2n) is 5.48. The summed E-state index contributed by atoms with van der Waals surface area (Å²) in [6.07, 6.45) is 2.11. The lowest BCUT2D eigenvalue weighted by Crippen LogP contribution is -2.50. The first-order valence-corrected chi connectivity index (χ1v) is 5.99. The number of likely N-dealkylation sites (tertiary alicyclic amines) is 1. The van der Waals surface area contributed by atoms with Crippen LogP contribution in [-0.2, 0) is 4.74 Å². The van der Waals surface area contributed by atoms with Crippen LogP contribution >= 0.6 is 0 Å². The predicted molar refractivity (Wildman–Crippen MR) is 62.3 cm³/mol. The molecule has 1 unspecified atom stereocenters. The highest BCUT2D eigenvalue weighted by molar-refractivity contribution is 5.68. The van der Waals surface area contributed by atoms with Gasteiger partial charge >= 0.3 is 6.09 Å². The van der Waals surface area contributed by atoms with Crippen molar-refractivity contribution >= 4 is 6.09 Å². The van der Waals surface area contributed by atoms with Gasteiger partial charge < -0.3 is 14.7 Å². The molecule has 1 aliphatic rings. The molecule has 1 amide bonds. The summed E-state index contributed by atoms with van der Waals surface area (Å²) in [5, 5.41) is 9.65. The zero-order chi connectivity index (χ0) is 12.3. The Morgan fingerprint density at radius 1 is 1.44 bits per heavy atom. The first-order valence-electron chi connectivity index (χ1n) is 5.99. The Morgan fingerprint density at radius 3 is 2.56 bits per heavy atom. The topological polar surface area (TPSA) is 49.8 Å². The fourth-order valence-electron chi connectivity index (χ4n) is 2.01. The summed E-state index contributed by atoms with van der Waals surface area (Å²) in [7, 11) is 0. The lowest BCUT2D eigenvalue weighted by molar-refractivity contribution is -0.0125. The van der Waals surface area contributed by atoms with E-state index in [4.69, 9.17) is 4.74 Å². The molecular weight excluding hydrogens is 206 g/mol. The van der Waals surface area contributed by atoms with Crippen molar-refractivity contribution in [3.63, 3.8) is 0 Å². The van der Waals surface area contributed by atoms with Gasteiger partial charge in [0.2, 0.25) is 0 Å². The van der Waals surface area contributed by atoms with Gasteiger partial charge in [0.15, 0.2) is 0 Å². The van der Waals surface area contributed by atoms with E-state index in [1.807, 2.05) is 20.8 Å². The Morgan fingerprint density at radius 2 is 2.06 bits per heavy atom. The Kier molecular flexibility index (Phi) is 4.19. The zero-order valence-corrected chi connectivity index (χ0v) is 10.7. The number of carbonyl (C=O) groups is 1. The third-order valence-corrected chi connectivity index (χ3v) is 2.73. The number of amides is 1. The zero-order valence-electron chi connectivity index (χ0n) is 10.7. The minimum atomic E-state index is -0.493. The summed E-state index contributed by atoms with van der Waals surface area (Å²) >= 11 is 0. The molecule has 0 bridgehead atoms. The monoisotopic (exact) mass is 229 g/mol. The molecule has 94 valence electrons. The van der Waals surface area contributed by atoms with Crippen LogP contribution in [0.1, 0.15) is 47.0 Å². The number of piperidine rings is 1. The number of rotatable bonds is 1. The molecule has 1 heterocycles. The van der Waals surface area contributed by atoms with Gasteiger partial charge in [-0.05, 0) is 47.0 Å². The average Bonchev–Trinajstić information content (AvgIpc) is 2.15. The quantitative estimate of drug-likeness (QED) is 0.749. The van der Waals surface area contributed by atoms with Crippen LogP contribution in [0, 0.1) is 0 Å². The molecule has 0 aromatic carbocycles. The molecule has 16 heavy (non-hydrogen) atoms. The second-order valence-corrected chi connectivity index (χ2v) is 5.48. The van der Waals surface area contributed by atoms with Gasteiger partial charge in [-0.1, -0.05) is 0 Å². The van der Waals surface area contributed by atoms with Gasteiger partial charge in [-0.25, -0.2) is 4.79 Å². The minimum Gasteiger partial charge on any atom is -0.444 e. The molecule has 1 N–H and O–H groups in total. The van der Waals surface area contributed by atoms with E-state index in [1.54, 1.807) is 11.8 Å². The van der Waals surface area contributed by atoms with Crippen molar-refractivity contribution in [3.05, 3.63) is 0 Å². The molecular formula is C12H23NO3. The van der Waals surface area contributed by atoms with E-state index < -0.39 is 11.7 Å². The first-order chi connectivity index (χ1) is 7.31. The number of nitrogens with zero attached hydrogens (tertiary/aromatic N) is 1. The fraction of sp³-hybridized carbons (Fsp3) is 0.917. The lowest BCUT2D eigenvalue weighted by Gasteiger charge is -2.38. The normalized spacial score (nSPS) is 24.1. The number of aliphatic hydroxyl groups excluding tert-OH is 1. The van der Waals surface area contributed by atoms with Gasteiger partial charge in [0.05, 0.1) is 12.1 Å². The summed E-state index contributed by atoms with van der Waals surface area (Å²) in [6.45, 7) is 7.97. The van der Waals surface area contributed by atoms with Crippen LogP contribution in [0.3, 0.4) is 0 Å². The standard InChI is InChI=1S/C12H23NO3/c1-9(14)10-7-5-6-8-13(10)11(15)16-12(2,3)4/h9-10,14H,5-8H2,1-4H3/t9?,10-/m0/s1. The molecule has 1 aliphatic heterocycles. The highest BCUT2D eigenvalue weighted by Crippen LogP contribution is 2.22. The Hall–Kier alpha value is -0.770. The van der Waals surface area contributed by atoms with Crippen LogP contribution in [0.25, 0.3) is 0 Å². The van der Waals surface area contributed by atoms with E-state index in [0.717, 1.165) is 19.3 Å². The van der Waals surface area contributed by atoms with Crippen LogP contribution in [0.5, 0.6) is 0 Å². The third kappa shape index (κ3) is 3.67. The van der Waals surface area contributed by atoms with Crippen molar-refractivity contribution in [2.75, 3.05) is 6.54 Å². The van der Waals surface area contributed by atoms with Crippen molar-refractivity contribution in [1.82, 2.24) is 4.90 Å². The largest absolute Gasteiger partial charge is 0.444 e. The number of aliphatic hydroxyl groups is 1. The number of hydrogen-bond donors (Lipinski definition) is 1. The van der Waals surface area contributed by atoms with Crippen LogP contribution in [-0.4, -0.2) is 40.4 Å². The molecule has 0 radical (unpaired) electrons. The second kappa shape index (κ2) is 5.04. The van der Waals surface area contributed by atoms with Crippen LogP contribution in [0.15, 0.2) is 0 Å². The van der Waals surface area contributed by atoms with Gasteiger partial charge in [-0.15, -0.1) is 0 Å². The van der Waals surface area contributed by atoms with Gasteiger partial charge in [0.25, 0.3) is 0 Å². The first kappa shape index (κ1) is 13.3. The van der Waals surface area contributed by atoms with Crippen molar-refractivity contribution in [2.45, 2.75) is 64.7 Å². The molecule has 2 atom stereocenters. The van der Waals surface area contributed by atoms with Crippen LogP contribution < -0.4 is 0 Å². The fourth-order valence-corrected chi connectivity index (χ4v) is 2.01. The van der Waals surface area contributed by atoms with E-state index in [2.05, 4.69) is 0 Å². The Balaban J connectivity index is 2.64. The van der Waals surface area contributed by atoms with Gasteiger partial charge in [0.1, 0.15) is 5.60 Å². The van der Waals surface area contributed by atoms with Crippen LogP contribution in [0.4, 0.5) is 4.79 Å². The number of carbonyl (C=O) groups excluding carboxylic acids is 1. The highest BCUT2D eigenvalue weighted by Gasteiger charge is 2.32. The molecule has 0 aromatic rings. The summed E-state index contributed by atoms with van der Waals surface area (Å²) in [6, 6.07) is -0.0939. The van der Waals surface area contributed by atoms with Crippen molar-refractivity contribution in [3.8, 4) is 0 Å². The van der Waals surface area contributed by atoms with E-state index in [9.17, 15) is 9.90 Å². The molecule has 0 saturated carbocycles. The number of ether oxygens (including phenoxy) is 1. The Labute approximate surface area is 97.6 Å². The maximum atomic E-state index is 11.9. The molecule has 0 spiro atoms. The summed E-state index contributed by atoms with van der Waals surface area (Å²) in [4.78, 5) is 13.6. The molecule has 1 rings (SSSR count). The molecule has 4 heteroatoms. The molecule has 0 aliphatic carbocycles. The molecule has 0 aromatic heterocycles. The van der Waals surface area contributed by atoms with Gasteiger partial charge in [-0.2, -0.15) is 0 Å². The van der Waals surface area contributed by atoms with Crippen molar-refractivity contribution < 1.29 is 14.6 Å². The number of hydrogen-bond acceptors (Lipinski definition) is 3. The molecule has 1 fully saturated rings. The third-order valence-electron chi connectivity index (χ3n) is 2.73. The van der Waals surface area contributed by atoms with Gasteiger partial charge in [0, 0.05) is 6.54 Å². The average molecular weight is 229 g/mol. The highest BCUT2D eigenvalue weighted by atomic mass is 16.6.